The Bertz CT molecular complexity index is 628. The fourth-order valence-corrected chi connectivity index (χ4v) is 1.42. The Labute approximate surface area is 121 Å². The second kappa shape index (κ2) is 7.49. The standard InChI is InChI=1S/C14H13N5O2/c20-13(17-10-12-5-1-2-7-16-12)14(21)19-18-9-11-4-3-6-15-8-11/h1-9H,10H2,(H,17,20)(H,19,21)/b18-9-. The topological polar surface area (TPSA) is 96.3 Å². The van der Waals surface area contributed by atoms with Crippen molar-refractivity contribution in [2.24, 2.45) is 5.10 Å². The van der Waals surface area contributed by atoms with E-state index in [0.717, 1.165) is 0 Å². The van der Waals surface area contributed by atoms with Crippen molar-refractivity contribution in [2.45, 2.75) is 6.54 Å². The smallest absolute Gasteiger partial charge is 0.329 e. The molecule has 7 nitrogen and oxygen atoms in total. The number of nitrogens with zero attached hydrogens (tertiary/aromatic N) is 3. The summed E-state index contributed by atoms with van der Waals surface area (Å²) in [5.74, 6) is -1.62. The van der Waals surface area contributed by atoms with Crippen LogP contribution in [-0.4, -0.2) is 28.0 Å². The molecule has 0 saturated carbocycles. The van der Waals surface area contributed by atoms with Crippen LogP contribution in [0.15, 0.2) is 54.0 Å². The minimum Gasteiger partial charge on any atom is -0.342 e. The predicted octanol–water partition coefficient (Wildman–Crippen LogP) is 0.243. The van der Waals surface area contributed by atoms with Crippen LogP contribution in [0, 0.1) is 0 Å². The summed E-state index contributed by atoms with van der Waals surface area (Å²) in [6.07, 6.45) is 6.22. The maximum atomic E-state index is 11.5. The number of nitrogens with one attached hydrogen (secondary N) is 2. The number of hydrazone groups is 1. The molecule has 0 aromatic carbocycles. The van der Waals surface area contributed by atoms with E-state index in [1.54, 1.807) is 48.9 Å². The molecule has 0 aliphatic heterocycles. The van der Waals surface area contributed by atoms with Crippen molar-refractivity contribution in [2.75, 3.05) is 0 Å². The third-order valence-electron chi connectivity index (χ3n) is 2.43. The first-order valence-electron chi connectivity index (χ1n) is 6.17. The summed E-state index contributed by atoms with van der Waals surface area (Å²) in [6.45, 7) is 0.180. The summed E-state index contributed by atoms with van der Waals surface area (Å²) < 4.78 is 0. The Balaban J connectivity index is 1.78. The highest BCUT2D eigenvalue weighted by atomic mass is 16.2. The molecule has 0 aliphatic carbocycles. The van der Waals surface area contributed by atoms with Crippen molar-refractivity contribution in [3.05, 3.63) is 60.2 Å². The zero-order valence-electron chi connectivity index (χ0n) is 11.1. The Morgan fingerprint density at radius 2 is 2.05 bits per heavy atom. The molecular weight excluding hydrogens is 270 g/mol. The van der Waals surface area contributed by atoms with Crippen LogP contribution in [-0.2, 0) is 16.1 Å². The molecular formula is C14H13N5O2. The molecule has 0 unspecified atom stereocenters. The number of hydrogen-bond acceptors (Lipinski definition) is 5. The van der Waals surface area contributed by atoms with Gasteiger partial charge in [-0.3, -0.25) is 19.6 Å². The molecule has 0 spiro atoms. The van der Waals surface area contributed by atoms with Gasteiger partial charge in [-0.05, 0) is 18.2 Å². The molecule has 0 fully saturated rings. The van der Waals surface area contributed by atoms with E-state index in [-0.39, 0.29) is 6.54 Å². The Morgan fingerprint density at radius 1 is 1.14 bits per heavy atom. The number of hydrogen-bond donors (Lipinski definition) is 2. The van der Waals surface area contributed by atoms with Crippen LogP contribution in [0.4, 0.5) is 0 Å². The summed E-state index contributed by atoms with van der Waals surface area (Å²) >= 11 is 0. The summed E-state index contributed by atoms with van der Waals surface area (Å²) in [4.78, 5) is 30.9. The largest absolute Gasteiger partial charge is 0.342 e. The first kappa shape index (κ1) is 14.3. The van der Waals surface area contributed by atoms with E-state index in [9.17, 15) is 9.59 Å². The number of amides is 2. The summed E-state index contributed by atoms with van der Waals surface area (Å²) in [6, 6.07) is 8.82. The average molecular weight is 283 g/mol. The lowest BCUT2D eigenvalue weighted by Crippen LogP contribution is -2.37. The van der Waals surface area contributed by atoms with Crippen molar-refractivity contribution >= 4 is 18.0 Å². The van der Waals surface area contributed by atoms with Gasteiger partial charge >= 0.3 is 11.8 Å². The number of pyridine rings is 2. The van der Waals surface area contributed by atoms with Gasteiger partial charge < -0.3 is 5.32 Å². The van der Waals surface area contributed by atoms with Crippen molar-refractivity contribution in [1.29, 1.82) is 0 Å². The van der Waals surface area contributed by atoms with Crippen molar-refractivity contribution in [3.63, 3.8) is 0 Å². The van der Waals surface area contributed by atoms with E-state index in [1.165, 1.54) is 6.21 Å². The fourth-order valence-electron chi connectivity index (χ4n) is 1.42. The SMILES string of the molecule is O=C(NCc1ccccn1)C(=O)N/N=C\c1cccnc1. The maximum Gasteiger partial charge on any atom is 0.329 e. The van der Waals surface area contributed by atoms with E-state index in [0.29, 0.717) is 11.3 Å². The lowest BCUT2D eigenvalue weighted by Gasteiger charge is -2.03. The third kappa shape index (κ3) is 4.83. The normalized spacial score (nSPS) is 10.3. The number of carbonyl (C=O) groups is 2. The van der Waals surface area contributed by atoms with Crippen LogP contribution in [0.5, 0.6) is 0 Å². The van der Waals surface area contributed by atoms with Crippen LogP contribution in [0.25, 0.3) is 0 Å². The van der Waals surface area contributed by atoms with E-state index in [2.05, 4.69) is 25.8 Å². The van der Waals surface area contributed by atoms with Gasteiger partial charge in [0.25, 0.3) is 0 Å². The summed E-state index contributed by atoms with van der Waals surface area (Å²) in [5, 5.41) is 6.12. The van der Waals surface area contributed by atoms with Crippen molar-refractivity contribution < 1.29 is 9.59 Å². The van der Waals surface area contributed by atoms with Gasteiger partial charge in [0.15, 0.2) is 0 Å². The minimum absolute atomic E-state index is 0.180. The Morgan fingerprint density at radius 3 is 2.76 bits per heavy atom. The highest BCUT2D eigenvalue weighted by molar-refractivity contribution is 6.35. The average Bonchev–Trinajstić information content (AvgIpc) is 2.54. The molecule has 21 heavy (non-hydrogen) atoms. The van der Waals surface area contributed by atoms with E-state index in [4.69, 9.17) is 0 Å². The highest BCUT2D eigenvalue weighted by Crippen LogP contribution is 1.92. The molecule has 2 aromatic rings. The van der Waals surface area contributed by atoms with Gasteiger partial charge in [0.2, 0.25) is 0 Å². The molecule has 2 aromatic heterocycles. The van der Waals surface area contributed by atoms with Crippen LogP contribution >= 0.6 is 0 Å². The molecule has 0 saturated heterocycles. The molecule has 2 heterocycles. The van der Waals surface area contributed by atoms with Gasteiger partial charge in [-0.25, -0.2) is 5.43 Å². The van der Waals surface area contributed by atoms with E-state index >= 15 is 0 Å². The Kier molecular flexibility index (Phi) is 5.11. The molecule has 0 bridgehead atoms. The molecule has 7 heteroatoms. The molecule has 2 amide bonds. The Hall–Kier alpha value is -3.09. The number of rotatable bonds is 4. The fraction of sp³-hybridized carbons (Fsp3) is 0.0714. The first-order valence-corrected chi connectivity index (χ1v) is 6.17. The van der Waals surface area contributed by atoms with Crippen molar-refractivity contribution in [1.82, 2.24) is 20.7 Å². The third-order valence-corrected chi connectivity index (χ3v) is 2.43. The van der Waals surface area contributed by atoms with Crippen LogP contribution in [0.2, 0.25) is 0 Å². The minimum atomic E-state index is -0.842. The van der Waals surface area contributed by atoms with E-state index < -0.39 is 11.8 Å². The molecule has 0 aliphatic rings. The first-order chi connectivity index (χ1) is 10.3. The van der Waals surface area contributed by atoms with Crippen LogP contribution < -0.4 is 10.7 Å². The highest BCUT2D eigenvalue weighted by Gasteiger charge is 2.11. The summed E-state index contributed by atoms with van der Waals surface area (Å²) in [7, 11) is 0. The van der Waals surface area contributed by atoms with Gasteiger partial charge in [-0.1, -0.05) is 12.1 Å². The molecule has 0 atom stereocenters. The second-order valence-electron chi connectivity index (χ2n) is 3.99. The molecule has 2 N–H and O–H groups in total. The molecule has 106 valence electrons. The second-order valence-corrected chi connectivity index (χ2v) is 3.99. The van der Waals surface area contributed by atoms with Gasteiger partial charge in [0.05, 0.1) is 18.5 Å². The van der Waals surface area contributed by atoms with Crippen LogP contribution in [0.3, 0.4) is 0 Å². The number of aromatic nitrogens is 2. The lowest BCUT2D eigenvalue weighted by atomic mass is 10.3. The molecule has 2 rings (SSSR count). The molecule has 0 radical (unpaired) electrons. The van der Waals surface area contributed by atoms with Gasteiger partial charge in [0, 0.05) is 24.2 Å². The van der Waals surface area contributed by atoms with Gasteiger partial charge in [0.1, 0.15) is 0 Å². The monoisotopic (exact) mass is 283 g/mol. The quantitative estimate of drug-likeness (QED) is 0.477. The van der Waals surface area contributed by atoms with E-state index in [1.807, 2.05) is 0 Å². The number of carbonyl (C=O) groups excluding carboxylic acids is 2. The lowest BCUT2D eigenvalue weighted by molar-refractivity contribution is -0.139. The summed E-state index contributed by atoms with van der Waals surface area (Å²) in [5.41, 5.74) is 3.52. The van der Waals surface area contributed by atoms with Gasteiger partial charge in [-0.2, -0.15) is 5.10 Å². The maximum absolute atomic E-state index is 11.5. The van der Waals surface area contributed by atoms with Gasteiger partial charge in [-0.15, -0.1) is 0 Å². The zero-order chi connectivity index (χ0) is 14.9. The predicted molar refractivity (Wildman–Crippen MR) is 76.1 cm³/mol. The van der Waals surface area contributed by atoms with Crippen molar-refractivity contribution in [3.8, 4) is 0 Å². The zero-order valence-corrected chi connectivity index (χ0v) is 11.1. The van der Waals surface area contributed by atoms with Crippen LogP contribution in [0.1, 0.15) is 11.3 Å².